The Labute approximate surface area is 182 Å². The highest BCUT2D eigenvalue weighted by Crippen LogP contribution is 2.36. The molecule has 1 saturated heterocycles. The summed E-state index contributed by atoms with van der Waals surface area (Å²) in [7, 11) is 0. The van der Waals surface area contributed by atoms with Crippen LogP contribution in [0.2, 0.25) is 5.02 Å². The number of rotatable bonds is 7. The minimum Gasteiger partial charge on any atom is -0.492 e. The van der Waals surface area contributed by atoms with Gasteiger partial charge in [0.05, 0.1) is 12.0 Å². The zero-order chi connectivity index (χ0) is 19.1. The van der Waals surface area contributed by atoms with Gasteiger partial charge in [-0.05, 0) is 62.7 Å². The van der Waals surface area contributed by atoms with Crippen LogP contribution in [0.3, 0.4) is 0 Å². The van der Waals surface area contributed by atoms with Gasteiger partial charge in [-0.25, -0.2) is 0 Å². The van der Waals surface area contributed by atoms with E-state index in [1.807, 2.05) is 61.5 Å². The molecule has 0 radical (unpaired) electrons. The number of halogens is 2. The van der Waals surface area contributed by atoms with Crippen LogP contribution in [0.4, 0.5) is 0 Å². The summed E-state index contributed by atoms with van der Waals surface area (Å²) in [5.74, 6) is 0.717. The Morgan fingerprint density at radius 2 is 1.71 bits per heavy atom. The fourth-order valence-corrected chi connectivity index (χ4v) is 3.74. The van der Waals surface area contributed by atoms with Gasteiger partial charge >= 0.3 is 5.97 Å². The van der Waals surface area contributed by atoms with Gasteiger partial charge in [0.2, 0.25) is 0 Å². The molecule has 152 valence electrons. The lowest BCUT2D eigenvalue weighted by Crippen LogP contribution is -2.48. The number of nitrogens with zero attached hydrogens (tertiary/aromatic N) is 1. The number of piperidine rings is 1. The monoisotopic (exact) mass is 467 g/mol. The van der Waals surface area contributed by atoms with Crippen molar-refractivity contribution in [3.63, 3.8) is 0 Å². The van der Waals surface area contributed by atoms with Gasteiger partial charge in [0, 0.05) is 11.6 Å². The second kappa shape index (κ2) is 10.8. The number of carbonyl (C=O) groups excluding carboxylic acids is 1. The Hall–Kier alpha value is -1.56. The Balaban J connectivity index is 0.00000280. The minimum atomic E-state index is -0.537. The standard InChI is InChI=1S/C22H26ClNO3.BrH/c1-2-26-21(25)22(18-6-4-3-5-7-18)12-14-24(15-13-22)16-17-27-20-10-8-19(23)9-11-20;/h3-11H,2,12-17H2,1H3;1H. The number of carbonyl (C=O) groups is 1. The van der Waals surface area contributed by atoms with E-state index in [9.17, 15) is 4.79 Å². The Bertz CT molecular complexity index is 731. The number of hydrogen-bond donors (Lipinski definition) is 0. The first-order chi connectivity index (χ1) is 13.1. The predicted molar refractivity (Wildman–Crippen MR) is 118 cm³/mol. The van der Waals surface area contributed by atoms with Gasteiger partial charge in [-0.3, -0.25) is 9.69 Å². The third-order valence-electron chi connectivity index (χ3n) is 5.19. The molecule has 0 unspecified atom stereocenters. The molecule has 1 aliphatic heterocycles. The van der Waals surface area contributed by atoms with E-state index in [1.165, 1.54) is 0 Å². The molecule has 0 saturated carbocycles. The van der Waals surface area contributed by atoms with Gasteiger partial charge in [0.15, 0.2) is 0 Å². The number of benzene rings is 2. The van der Waals surface area contributed by atoms with Gasteiger partial charge in [-0.2, -0.15) is 0 Å². The molecule has 0 N–H and O–H groups in total. The second-order valence-electron chi connectivity index (χ2n) is 6.81. The number of esters is 1. The summed E-state index contributed by atoms with van der Waals surface area (Å²) in [5, 5.41) is 0.703. The normalized spacial score (nSPS) is 16.1. The van der Waals surface area contributed by atoms with Gasteiger partial charge < -0.3 is 9.47 Å². The summed E-state index contributed by atoms with van der Waals surface area (Å²) in [6.07, 6.45) is 1.52. The van der Waals surface area contributed by atoms with E-state index in [0.29, 0.717) is 18.2 Å². The SMILES string of the molecule is Br.CCOC(=O)C1(c2ccccc2)CCN(CCOc2ccc(Cl)cc2)CC1. The number of ether oxygens (including phenoxy) is 2. The molecule has 1 heterocycles. The fraction of sp³-hybridized carbons (Fsp3) is 0.409. The van der Waals surface area contributed by atoms with E-state index < -0.39 is 5.41 Å². The first-order valence-electron chi connectivity index (χ1n) is 9.47. The van der Waals surface area contributed by atoms with Gasteiger partial charge in [0.25, 0.3) is 0 Å². The molecule has 0 amide bonds. The molecule has 2 aromatic carbocycles. The quantitative estimate of drug-likeness (QED) is 0.542. The van der Waals surface area contributed by atoms with Crippen molar-refractivity contribution in [2.75, 3.05) is 32.8 Å². The highest BCUT2D eigenvalue weighted by molar-refractivity contribution is 8.93. The molecule has 0 aromatic heterocycles. The van der Waals surface area contributed by atoms with Crippen molar-refractivity contribution in [2.45, 2.75) is 25.2 Å². The van der Waals surface area contributed by atoms with Crippen LogP contribution < -0.4 is 4.74 Å². The fourth-order valence-electron chi connectivity index (χ4n) is 3.62. The Morgan fingerprint density at radius 1 is 1.07 bits per heavy atom. The van der Waals surface area contributed by atoms with Crippen molar-refractivity contribution >= 4 is 34.6 Å². The van der Waals surface area contributed by atoms with Gasteiger partial charge in [-0.15, -0.1) is 17.0 Å². The smallest absolute Gasteiger partial charge is 0.316 e. The molecule has 0 spiro atoms. The minimum absolute atomic E-state index is 0. The third kappa shape index (κ3) is 5.49. The summed E-state index contributed by atoms with van der Waals surface area (Å²) < 4.78 is 11.2. The van der Waals surface area contributed by atoms with Crippen LogP contribution >= 0.6 is 28.6 Å². The van der Waals surface area contributed by atoms with Crippen molar-refractivity contribution in [1.82, 2.24) is 4.90 Å². The molecular weight excluding hydrogens is 442 g/mol. The van der Waals surface area contributed by atoms with Crippen molar-refractivity contribution in [2.24, 2.45) is 0 Å². The van der Waals surface area contributed by atoms with Crippen LogP contribution in [0.1, 0.15) is 25.3 Å². The number of hydrogen-bond acceptors (Lipinski definition) is 4. The van der Waals surface area contributed by atoms with Crippen LogP contribution in [0.5, 0.6) is 5.75 Å². The highest BCUT2D eigenvalue weighted by atomic mass is 79.9. The maximum Gasteiger partial charge on any atom is 0.316 e. The average Bonchev–Trinajstić information content (AvgIpc) is 2.71. The lowest BCUT2D eigenvalue weighted by molar-refractivity contribution is -0.152. The van der Waals surface area contributed by atoms with Crippen molar-refractivity contribution in [3.05, 3.63) is 65.2 Å². The second-order valence-corrected chi connectivity index (χ2v) is 7.25. The third-order valence-corrected chi connectivity index (χ3v) is 5.44. The molecule has 0 atom stereocenters. The molecule has 1 aliphatic rings. The van der Waals surface area contributed by atoms with Crippen molar-refractivity contribution < 1.29 is 14.3 Å². The van der Waals surface area contributed by atoms with E-state index >= 15 is 0 Å². The van der Waals surface area contributed by atoms with Crippen LogP contribution in [0, 0.1) is 0 Å². The van der Waals surface area contributed by atoms with Crippen molar-refractivity contribution in [1.29, 1.82) is 0 Å². The summed E-state index contributed by atoms with van der Waals surface area (Å²) >= 11 is 5.89. The first-order valence-corrected chi connectivity index (χ1v) is 9.85. The van der Waals surface area contributed by atoms with Crippen LogP contribution in [-0.4, -0.2) is 43.7 Å². The van der Waals surface area contributed by atoms with Crippen LogP contribution in [-0.2, 0) is 14.9 Å². The molecular formula is C22H27BrClNO3. The van der Waals surface area contributed by atoms with Crippen LogP contribution in [0.25, 0.3) is 0 Å². The van der Waals surface area contributed by atoms with Gasteiger partial charge in [0.1, 0.15) is 12.4 Å². The Kier molecular flexibility index (Phi) is 8.80. The highest BCUT2D eigenvalue weighted by Gasteiger charge is 2.44. The largest absolute Gasteiger partial charge is 0.492 e. The predicted octanol–water partition coefficient (Wildman–Crippen LogP) is 4.89. The molecule has 4 nitrogen and oxygen atoms in total. The van der Waals surface area contributed by atoms with Crippen molar-refractivity contribution in [3.8, 4) is 5.75 Å². The van der Waals surface area contributed by atoms with Gasteiger partial charge in [-0.1, -0.05) is 41.9 Å². The zero-order valence-electron chi connectivity index (χ0n) is 16.1. The van der Waals surface area contributed by atoms with E-state index in [1.54, 1.807) is 0 Å². The van der Waals surface area contributed by atoms with E-state index in [-0.39, 0.29) is 23.0 Å². The summed E-state index contributed by atoms with van der Waals surface area (Å²) in [6.45, 7) is 5.40. The number of likely N-dealkylation sites (tertiary alicyclic amines) is 1. The maximum atomic E-state index is 12.8. The molecule has 0 bridgehead atoms. The molecule has 2 aromatic rings. The summed E-state index contributed by atoms with van der Waals surface area (Å²) in [6, 6.07) is 17.4. The van der Waals surface area contributed by atoms with E-state index in [2.05, 4.69) is 4.90 Å². The van der Waals surface area contributed by atoms with Crippen LogP contribution in [0.15, 0.2) is 54.6 Å². The average molecular weight is 469 g/mol. The zero-order valence-corrected chi connectivity index (χ0v) is 18.6. The molecule has 3 rings (SSSR count). The molecule has 0 aliphatic carbocycles. The molecule has 28 heavy (non-hydrogen) atoms. The topological polar surface area (TPSA) is 38.8 Å². The lowest BCUT2D eigenvalue weighted by Gasteiger charge is -2.40. The summed E-state index contributed by atoms with van der Waals surface area (Å²) in [4.78, 5) is 15.1. The first kappa shape index (κ1) is 22.7. The molecule has 6 heteroatoms. The maximum absolute atomic E-state index is 12.8. The lowest BCUT2D eigenvalue weighted by atomic mass is 9.72. The summed E-state index contributed by atoms with van der Waals surface area (Å²) in [5.41, 5.74) is 0.519. The Morgan fingerprint density at radius 3 is 2.32 bits per heavy atom. The van der Waals surface area contributed by atoms with E-state index in [0.717, 1.165) is 43.8 Å². The van der Waals surface area contributed by atoms with E-state index in [4.69, 9.17) is 21.1 Å². The molecule has 1 fully saturated rings.